The van der Waals surface area contributed by atoms with Gasteiger partial charge in [-0.05, 0) is 20.0 Å². The van der Waals surface area contributed by atoms with Crippen LogP contribution in [0.1, 0.15) is 9.75 Å². The highest BCUT2D eigenvalue weighted by atomic mass is 32.2. The summed E-state index contributed by atoms with van der Waals surface area (Å²) in [5, 5.41) is 5.12. The Bertz CT molecular complexity index is 617. The summed E-state index contributed by atoms with van der Waals surface area (Å²) < 4.78 is 26.8. The van der Waals surface area contributed by atoms with Crippen molar-refractivity contribution >= 4 is 37.8 Å². The van der Waals surface area contributed by atoms with E-state index in [-0.39, 0.29) is 0 Å². The van der Waals surface area contributed by atoms with Crippen molar-refractivity contribution in [2.24, 2.45) is 0 Å². The van der Waals surface area contributed by atoms with E-state index in [0.717, 1.165) is 9.75 Å². The number of rotatable bonds is 5. The first kappa shape index (κ1) is 13.5. The maximum atomic E-state index is 12.2. The Hall–Kier alpha value is -0.960. The summed E-state index contributed by atoms with van der Waals surface area (Å²) in [5.41, 5.74) is 0. The minimum atomic E-state index is -3.53. The summed E-state index contributed by atoms with van der Waals surface area (Å²) in [4.78, 5) is 6.02. The molecule has 0 aliphatic carbocycles. The van der Waals surface area contributed by atoms with Gasteiger partial charge in [-0.1, -0.05) is 0 Å². The second-order valence-corrected chi connectivity index (χ2v) is 7.49. The molecule has 2 N–H and O–H groups in total. The number of hydrogen-bond donors (Lipinski definition) is 2. The third-order valence-corrected chi connectivity index (χ3v) is 5.68. The molecule has 0 radical (unpaired) electrons. The van der Waals surface area contributed by atoms with Gasteiger partial charge in [-0.3, -0.25) is 4.72 Å². The lowest BCUT2D eigenvalue weighted by Gasteiger charge is -2.03. The van der Waals surface area contributed by atoms with Gasteiger partial charge in [-0.15, -0.1) is 22.7 Å². The van der Waals surface area contributed by atoms with E-state index in [1.807, 2.05) is 7.05 Å². The number of nitrogens with one attached hydrogen (secondary N) is 2. The van der Waals surface area contributed by atoms with Crippen LogP contribution in [0.15, 0.2) is 22.5 Å². The van der Waals surface area contributed by atoms with Crippen LogP contribution in [-0.2, 0) is 16.6 Å². The van der Waals surface area contributed by atoms with Crippen LogP contribution in [0.3, 0.4) is 0 Å². The number of sulfonamides is 1. The Kier molecular flexibility index (Phi) is 4.00. The van der Waals surface area contributed by atoms with Crippen LogP contribution in [0.5, 0.6) is 0 Å². The molecule has 0 saturated heterocycles. The van der Waals surface area contributed by atoms with Crippen molar-refractivity contribution in [1.82, 2.24) is 10.3 Å². The Morgan fingerprint density at radius 3 is 2.83 bits per heavy atom. The number of aryl methyl sites for hydroxylation is 1. The van der Waals surface area contributed by atoms with Gasteiger partial charge in [-0.25, -0.2) is 13.4 Å². The first-order chi connectivity index (χ1) is 8.53. The summed E-state index contributed by atoms with van der Waals surface area (Å²) >= 11 is 2.74. The summed E-state index contributed by atoms with van der Waals surface area (Å²) in [6, 6.07) is 1.70. The van der Waals surface area contributed by atoms with E-state index >= 15 is 0 Å². The highest BCUT2D eigenvalue weighted by Gasteiger charge is 2.20. The molecule has 2 rings (SSSR count). The fourth-order valence-electron chi connectivity index (χ4n) is 1.50. The molecule has 0 aliphatic heterocycles. The standard InChI is InChI=1S/C10H13N3O2S3/c1-7-9(5-8(17-7)6-11-2)18(14,15)13-10-12-3-4-16-10/h3-5,11H,6H2,1-2H3,(H,12,13). The van der Waals surface area contributed by atoms with Crippen molar-refractivity contribution in [3.63, 3.8) is 0 Å². The SMILES string of the molecule is CNCc1cc(S(=O)(=O)Nc2nccs2)c(C)s1. The van der Waals surface area contributed by atoms with Gasteiger partial charge in [0.25, 0.3) is 10.0 Å². The van der Waals surface area contributed by atoms with Gasteiger partial charge < -0.3 is 5.32 Å². The lowest BCUT2D eigenvalue weighted by molar-refractivity contribution is 0.601. The van der Waals surface area contributed by atoms with Crippen LogP contribution in [0.4, 0.5) is 5.13 Å². The number of nitrogens with zero attached hydrogens (tertiary/aromatic N) is 1. The molecular formula is C10H13N3O2S3. The van der Waals surface area contributed by atoms with Crippen molar-refractivity contribution < 1.29 is 8.42 Å². The fourth-order valence-corrected chi connectivity index (χ4v) is 4.93. The molecule has 18 heavy (non-hydrogen) atoms. The second-order valence-electron chi connectivity index (χ2n) is 3.61. The topological polar surface area (TPSA) is 71.1 Å². The first-order valence-electron chi connectivity index (χ1n) is 5.19. The molecule has 0 atom stereocenters. The van der Waals surface area contributed by atoms with Gasteiger partial charge in [0.1, 0.15) is 4.90 Å². The molecule has 2 heterocycles. The van der Waals surface area contributed by atoms with Crippen LogP contribution in [-0.4, -0.2) is 20.4 Å². The van der Waals surface area contributed by atoms with E-state index in [2.05, 4.69) is 15.0 Å². The Balaban J connectivity index is 2.29. The lowest BCUT2D eigenvalue weighted by Crippen LogP contribution is -2.13. The quantitative estimate of drug-likeness (QED) is 0.886. The smallest absolute Gasteiger partial charge is 0.264 e. The molecule has 0 fully saturated rings. The van der Waals surface area contributed by atoms with Gasteiger partial charge >= 0.3 is 0 Å². The summed E-state index contributed by atoms with van der Waals surface area (Å²) in [6.45, 7) is 2.47. The number of anilines is 1. The van der Waals surface area contributed by atoms with E-state index in [9.17, 15) is 8.42 Å². The van der Waals surface area contributed by atoms with E-state index in [1.54, 1.807) is 24.6 Å². The zero-order chi connectivity index (χ0) is 13.2. The highest BCUT2D eigenvalue weighted by molar-refractivity contribution is 7.93. The number of hydrogen-bond acceptors (Lipinski definition) is 6. The Morgan fingerprint density at radius 1 is 1.44 bits per heavy atom. The van der Waals surface area contributed by atoms with E-state index in [0.29, 0.717) is 16.6 Å². The molecule has 98 valence electrons. The monoisotopic (exact) mass is 303 g/mol. The molecule has 2 aromatic heterocycles. The van der Waals surface area contributed by atoms with Crippen LogP contribution in [0.25, 0.3) is 0 Å². The van der Waals surface area contributed by atoms with Crippen molar-refractivity contribution in [3.8, 4) is 0 Å². The number of aromatic nitrogens is 1. The predicted molar refractivity (Wildman–Crippen MR) is 74.7 cm³/mol. The third-order valence-electron chi connectivity index (χ3n) is 2.22. The summed E-state index contributed by atoms with van der Waals surface area (Å²) in [7, 11) is -1.70. The molecule has 0 saturated carbocycles. The van der Waals surface area contributed by atoms with E-state index < -0.39 is 10.0 Å². The molecular weight excluding hydrogens is 290 g/mol. The summed E-state index contributed by atoms with van der Waals surface area (Å²) in [6.07, 6.45) is 1.56. The fraction of sp³-hybridized carbons (Fsp3) is 0.300. The van der Waals surface area contributed by atoms with Gasteiger partial charge in [0.05, 0.1) is 0 Å². The van der Waals surface area contributed by atoms with Gasteiger partial charge in [0.2, 0.25) is 0 Å². The van der Waals surface area contributed by atoms with E-state index in [4.69, 9.17) is 0 Å². The maximum Gasteiger partial charge on any atom is 0.264 e. The molecule has 0 unspecified atom stereocenters. The lowest BCUT2D eigenvalue weighted by atomic mass is 10.4. The van der Waals surface area contributed by atoms with Gasteiger partial charge in [0, 0.05) is 27.9 Å². The van der Waals surface area contributed by atoms with Crippen molar-refractivity contribution in [3.05, 3.63) is 27.4 Å². The molecule has 8 heteroatoms. The minimum absolute atomic E-state index is 0.327. The van der Waals surface area contributed by atoms with Gasteiger partial charge in [-0.2, -0.15) is 0 Å². The van der Waals surface area contributed by atoms with Crippen molar-refractivity contribution in [2.45, 2.75) is 18.4 Å². The van der Waals surface area contributed by atoms with Crippen LogP contribution in [0.2, 0.25) is 0 Å². The Labute approximate surface area is 114 Å². The molecule has 2 aromatic rings. The predicted octanol–water partition coefficient (Wildman–Crippen LogP) is 2.03. The minimum Gasteiger partial charge on any atom is -0.315 e. The Morgan fingerprint density at radius 2 is 2.22 bits per heavy atom. The summed E-state index contributed by atoms with van der Waals surface area (Å²) in [5.74, 6) is 0. The molecule has 5 nitrogen and oxygen atoms in total. The van der Waals surface area contributed by atoms with Crippen LogP contribution >= 0.6 is 22.7 Å². The highest BCUT2D eigenvalue weighted by Crippen LogP contribution is 2.27. The average Bonchev–Trinajstić information content (AvgIpc) is 2.88. The molecule has 0 aliphatic rings. The second kappa shape index (κ2) is 5.35. The normalized spacial score (nSPS) is 11.7. The first-order valence-corrected chi connectivity index (χ1v) is 8.37. The number of thiophene rings is 1. The van der Waals surface area contributed by atoms with E-state index in [1.165, 1.54) is 22.7 Å². The van der Waals surface area contributed by atoms with Crippen LogP contribution in [0, 0.1) is 6.92 Å². The van der Waals surface area contributed by atoms with Crippen molar-refractivity contribution in [2.75, 3.05) is 11.8 Å². The zero-order valence-electron chi connectivity index (χ0n) is 9.93. The third kappa shape index (κ3) is 2.89. The number of thiazole rings is 1. The largest absolute Gasteiger partial charge is 0.315 e. The van der Waals surface area contributed by atoms with Crippen LogP contribution < -0.4 is 10.0 Å². The van der Waals surface area contributed by atoms with Gasteiger partial charge in [0.15, 0.2) is 5.13 Å². The molecule has 0 bridgehead atoms. The maximum absolute atomic E-state index is 12.2. The molecule has 0 aromatic carbocycles. The molecule has 0 spiro atoms. The zero-order valence-corrected chi connectivity index (χ0v) is 12.4. The van der Waals surface area contributed by atoms with Crippen molar-refractivity contribution in [1.29, 1.82) is 0 Å². The average molecular weight is 303 g/mol. The molecule has 0 amide bonds.